The Morgan fingerprint density at radius 3 is 1.11 bits per heavy atom. The van der Waals surface area contributed by atoms with Crippen LogP contribution in [0.5, 0.6) is 0 Å². The van der Waals surface area contributed by atoms with Crippen LogP contribution in [-0.4, -0.2) is 40.5 Å². The van der Waals surface area contributed by atoms with Crippen LogP contribution in [0.1, 0.15) is 149 Å². The molecule has 0 radical (unpaired) electrons. The minimum atomic E-state index is -0.761. The van der Waals surface area contributed by atoms with Gasteiger partial charge in [0.15, 0.2) is 0 Å². The van der Waals surface area contributed by atoms with Gasteiger partial charge in [0, 0.05) is 0 Å². The summed E-state index contributed by atoms with van der Waals surface area (Å²) in [6.07, 6.45) is 26.1. The van der Waals surface area contributed by atoms with Gasteiger partial charge in [0.05, 0.1) is 0 Å². The molecule has 4 aliphatic carbocycles. The molecule has 37 heavy (non-hydrogen) atoms. The molecule has 4 nitrogen and oxygen atoms in total. The molecule has 4 fully saturated rings. The van der Waals surface area contributed by atoms with Gasteiger partial charge in [-0.05, 0) is 29.3 Å². The second-order valence-corrected chi connectivity index (χ2v) is 15.6. The normalized spacial score (nSPS) is 25.1. The second kappa shape index (κ2) is 17.4. The summed E-state index contributed by atoms with van der Waals surface area (Å²) in [6, 6.07) is 1.85. The van der Waals surface area contributed by atoms with E-state index in [1.54, 1.807) is 0 Å². The van der Waals surface area contributed by atoms with Crippen molar-refractivity contribution in [2.75, 3.05) is 0 Å². The molecule has 200 valence electrons. The van der Waals surface area contributed by atoms with Crippen molar-refractivity contribution in [3.63, 3.8) is 0 Å². The molecule has 4 saturated carbocycles. The summed E-state index contributed by atoms with van der Waals surface area (Å²) in [4.78, 5) is 11.1. The average molecular weight is 515 g/mol. The molecule has 0 aromatic heterocycles. The standard InChI is InChI=1S/C30H53N4P.2Li/c1-30(2,3)35(28(31-24-16-8-4-9-17-24)32-25-18-10-5-11-19-25)29(33-26-20-12-6-13-21-26)34-27-22-14-7-15-23-27;;/h24-27H,4-23H2,1-3H3;;/q-2;2*+1. The fourth-order valence-corrected chi connectivity index (χ4v) is 8.97. The van der Waals surface area contributed by atoms with Crippen molar-refractivity contribution in [2.24, 2.45) is 9.98 Å². The third-order valence-electron chi connectivity index (χ3n) is 8.56. The summed E-state index contributed by atoms with van der Waals surface area (Å²) in [6.45, 7) is 7.24. The summed E-state index contributed by atoms with van der Waals surface area (Å²) >= 11 is 0. The van der Waals surface area contributed by atoms with Gasteiger partial charge < -0.3 is 20.6 Å². The van der Waals surface area contributed by atoms with E-state index < -0.39 is 7.92 Å². The van der Waals surface area contributed by atoms with Gasteiger partial charge in [-0.2, -0.15) is 0 Å². The first-order chi connectivity index (χ1) is 17.0. The van der Waals surface area contributed by atoms with Gasteiger partial charge in [0.25, 0.3) is 0 Å². The van der Waals surface area contributed by atoms with Crippen LogP contribution in [0.25, 0.3) is 10.6 Å². The van der Waals surface area contributed by atoms with Gasteiger partial charge in [0.2, 0.25) is 0 Å². The Labute approximate surface area is 254 Å². The van der Waals surface area contributed by atoms with E-state index in [9.17, 15) is 0 Å². The van der Waals surface area contributed by atoms with Crippen molar-refractivity contribution in [3.8, 4) is 0 Å². The molecule has 0 unspecified atom stereocenters. The largest absolute Gasteiger partial charge is 1.00 e. The summed E-state index contributed by atoms with van der Waals surface area (Å²) < 4.78 is 0. The SMILES string of the molecule is CC(C)(C)P(C(=NC1CCCCC1)[N-]C1CCCCC1)C(=NC1CCCCC1)[N-]C1CCCCC1.[Li+].[Li+]. The molecule has 0 saturated heterocycles. The monoisotopic (exact) mass is 514 g/mol. The van der Waals surface area contributed by atoms with Crippen LogP contribution >= 0.6 is 7.92 Å². The van der Waals surface area contributed by atoms with Crippen molar-refractivity contribution in [3.05, 3.63) is 10.6 Å². The number of hydrogen-bond donors (Lipinski definition) is 0. The fraction of sp³-hybridized carbons (Fsp3) is 0.933. The van der Waals surface area contributed by atoms with Crippen LogP contribution < -0.4 is 37.7 Å². The van der Waals surface area contributed by atoms with Gasteiger partial charge in [-0.3, -0.25) is 0 Å². The Morgan fingerprint density at radius 1 is 0.514 bits per heavy atom. The minimum Gasteiger partial charge on any atom is -0.462 e. The Morgan fingerprint density at radius 2 is 0.811 bits per heavy atom. The third-order valence-corrected chi connectivity index (χ3v) is 11.2. The van der Waals surface area contributed by atoms with E-state index >= 15 is 0 Å². The van der Waals surface area contributed by atoms with Crippen LogP contribution in [0.3, 0.4) is 0 Å². The summed E-state index contributed by atoms with van der Waals surface area (Å²) in [5, 5.41) is 11.2. The molecule has 0 bridgehead atoms. The maximum atomic E-state index is 5.54. The topological polar surface area (TPSA) is 52.9 Å². The van der Waals surface area contributed by atoms with Crippen molar-refractivity contribution >= 4 is 19.1 Å². The van der Waals surface area contributed by atoms with E-state index in [4.69, 9.17) is 20.6 Å². The molecule has 0 aromatic carbocycles. The molecule has 0 atom stereocenters. The van der Waals surface area contributed by atoms with Crippen LogP contribution in [0.4, 0.5) is 0 Å². The molecule has 0 amide bonds. The first-order valence-corrected chi connectivity index (χ1v) is 16.7. The molecular formula is C30H53Li2N4P. The van der Waals surface area contributed by atoms with E-state index in [1.807, 2.05) is 0 Å². The second-order valence-electron chi connectivity index (χ2n) is 12.8. The first kappa shape index (κ1) is 33.8. The van der Waals surface area contributed by atoms with Crippen LogP contribution in [0.2, 0.25) is 0 Å². The van der Waals surface area contributed by atoms with Crippen molar-refractivity contribution in [1.82, 2.24) is 0 Å². The zero-order chi connectivity index (χ0) is 24.5. The van der Waals surface area contributed by atoms with Crippen LogP contribution in [0.15, 0.2) is 9.98 Å². The zero-order valence-corrected chi connectivity index (χ0v) is 26.1. The Kier molecular flexibility index (Phi) is 15.9. The smallest absolute Gasteiger partial charge is 0.462 e. The maximum Gasteiger partial charge on any atom is 1.00 e. The fourth-order valence-electron chi connectivity index (χ4n) is 6.48. The molecule has 7 heteroatoms. The quantitative estimate of drug-likeness (QED) is 0.222. The average Bonchev–Trinajstić information content (AvgIpc) is 2.86. The number of amidine groups is 2. The zero-order valence-electron chi connectivity index (χ0n) is 25.2. The molecule has 0 aliphatic heterocycles. The molecular weight excluding hydrogens is 461 g/mol. The van der Waals surface area contributed by atoms with Crippen molar-refractivity contribution < 1.29 is 37.7 Å². The molecule has 0 heterocycles. The Hall–Kier alpha value is 0.565. The van der Waals surface area contributed by atoms with Gasteiger partial charge in [-0.1, -0.05) is 168 Å². The van der Waals surface area contributed by atoms with E-state index in [0.717, 1.165) is 0 Å². The number of aliphatic imine (C=N–C) groups is 2. The predicted molar refractivity (Wildman–Crippen MR) is 156 cm³/mol. The summed E-state index contributed by atoms with van der Waals surface area (Å²) in [5.74, 6) is 0. The maximum absolute atomic E-state index is 5.54. The van der Waals surface area contributed by atoms with E-state index in [0.29, 0.717) is 24.2 Å². The Balaban J connectivity index is 0.00000241. The van der Waals surface area contributed by atoms with Gasteiger partial charge in [-0.25, -0.2) is 0 Å². The van der Waals surface area contributed by atoms with Gasteiger partial charge in [0.1, 0.15) is 0 Å². The molecule has 4 rings (SSSR count). The predicted octanol–water partition coefficient (Wildman–Crippen LogP) is 4.07. The Bertz CT molecular complexity index is 632. The number of hydrogen-bond acceptors (Lipinski definition) is 2. The van der Waals surface area contributed by atoms with Crippen molar-refractivity contribution in [2.45, 2.75) is 179 Å². The third kappa shape index (κ3) is 11.2. The molecule has 0 spiro atoms. The van der Waals surface area contributed by atoms with Gasteiger partial charge in [-0.15, -0.1) is 0 Å². The van der Waals surface area contributed by atoms with E-state index in [1.165, 1.54) is 140 Å². The number of nitrogens with zero attached hydrogens (tertiary/aromatic N) is 4. The molecule has 0 aromatic rings. The van der Waals surface area contributed by atoms with E-state index in [2.05, 4.69) is 20.8 Å². The molecule has 4 aliphatic rings. The van der Waals surface area contributed by atoms with Gasteiger partial charge >= 0.3 is 37.7 Å². The van der Waals surface area contributed by atoms with Crippen molar-refractivity contribution in [1.29, 1.82) is 0 Å². The minimum absolute atomic E-state index is 0. The summed E-state index contributed by atoms with van der Waals surface area (Å²) in [7, 11) is -0.761. The first-order valence-electron chi connectivity index (χ1n) is 15.4. The summed E-state index contributed by atoms with van der Waals surface area (Å²) in [5.41, 5.74) is 2.36. The number of rotatable bonds is 6. The van der Waals surface area contributed by atoms with Crippen LogP contribution in [-0.2, 0) is 0 Å². The van der Waals surface area contributed by atoms with E-state index in [-0.39, 0.29) is 42.9 Å². The molecule has 0 N–H and O–H groups in total. The van der Waals surface area contributed by atoms with Crippen LogP contribution in [0, 0.1) is 0 Å².